The fourth-order valence-electron chi connectivity index (χ4n) is 1.65. The minimum absolute atomic E-state index is 0.303. The van der Waals surface area contributed by atoms with E-state index in [2.05, 4.69) is 0 Å². The Balaban J connectivity index is 2.70. The Hall–Kier alpha value is -1.81. The number of aliphatic hydroxyl groups excluding tert-OH is 1. The van der Waals surface area contributed by atoms with E-state index in [1.807, 2.05) is 0 Å². The Morgan fingerprint density at radius 2 is 1.59 bits per heavy atom. The average molecular weight is 238 g/mol. The SMILES string of the molecule is OCc1c(F)cc(F)c(-c2ccccc2)c1F. The van der Waals surface area contributed by atoms with Crippen molar-refractivity contribution in [2.24, 2.45) is 0 Å². The van der Waals surface area contributed by atoms with Gasteiger partial charge >= 0.3 is 0 Å². The monoisotopic (exact) mass is 238 g/mol. The second-order valence-corrected chi connectivity index (χ2v) is 3.53. The first-order valence-electron chi connectivity index (χ1n) is 4.97. The van der Waals surface area contributed by atoms with E-state index >= 15 is 0 Å². The molecular weight excluding hydrogens is 229 g/mol. The number of hydrogen-bond acceptors (Lipinski definition) is 1. The lowest BCUT2D eigenvalue weighted by atomic mass is 10.0. The van der Waals surface area contributed by atoms with Gasteiger partial charge in [0.15, 0.2) is 0 Å². The van der Waals surface area contributed by atoms with E-state index in [1.165, 1.54) is 12.1 Å². The molecule has 0 aliphatic carbocycles. The fourth-order valence-corrected chi connectivity index (χ4v) is 1.65. The molecule has 0 spiro atoms. The van der Waals surface area contributed by atoms with Crippen LogP contribution in [-0.2, 0) is 6.61 Å². The average Bonchev–Trinajstić information content (AvgIpc) is 2.30. The van der Waals surface area contributed by atoms with E-state index in [-0.39, 0.29) is 5.56 Å². The number of aliphatic hydroxyl groups is 1. The van der Waals surface area contributed by atoms with Crippen LogP contribution >= 0.6 is 0 Å². The molecule has 88 valence electrons. The lowest BCUT2D eigenvalue weighted by Gasteiger charge is -2.09. The van der Waals surface area contributed by atoms with Crippen LogP contribution in [0.5, 0.6) is 0 Å². The van der Waals surface area contributed by atoms with Crippen molar-refractivity contribution < 1.29 is 18.3 Å². The van der Waals surface area contributed by atoms with Gasteiger partial charge in [0.05, 0.1) is 12.2 Å². The molecule has 0 aliphatic heterocycles. The van der Waals surface area contributed by atoms with Crippen LogP contribution in [0.25, 0.3) is 11.1 Å². The van der Waals surface area contributed by atoms with Gasteiger partial charge in [0.1, 0.15) is 17.5 Å². The maximum Gasteiger partial charge on any atom is 0.142 e. The molecule has 0 fully saturated rings. The summed E-state index contributed by atoms with van der Waals surface area (Å²) in [5.74, 6) is -3.12. The smallest absolute Gasteiger partial charge is 0.142 e. The molecule has 0 amide bonds. The van der Waals surface area contributed by atoms with Gasteiger partial charge in [-0.3, -0.25) is 0 Å². The highest BCUT2D eigenvalue weighted by atomic mass is 19.1. The summed E-state index contributed by atoms with van der Waals surface area (Å²) in [5.41, 5.74) is -0.543. The third-order valence-electron chi connectivity index (χ3n) is 2.49. The van der Waals surface area contributed by atoms with Crippen molar-refractivity contribution in [3.8, 4) is 11.1 Å². The Bertz CT molecular complexity index is 538. The van der Waals surface area contributed by atoms with Crippen LogP contribution in [0.15, 0.2) is 36.4 Å². The zero-order chi connectivity index (χ0) is 12.4. The van der Waals surface area contributed by atoms with Crippen molar-refractivity contribution in [3.05, 3.63) is 59.4 Å². The summed E-state index contributed by atoms with van der Waals surface area (Å²) in [5, 5.41) is 8.86. The number of rotatable bonds is 2. The van der Waals surface area contributed by atoms with E-state index in [0.29, 0.717) is 11.6 Å². The lowest BCUT2D eigenvalue weighted by Crippen LogP contribution is -2.01. The highest BCUT2D eigenvalue weighted by Gasteiger charge is 2.19. The van der Waals surface area contributed by atoms with Gasteiger partial charge < -0.3 is 5.11 Å². The first-order chi connectivity index (χ1) is 8.15. The van der Waals surface area contributed by atoms with Crippen molar-refractivity contribution in [2.45, 2.75) is 6.61 Å². The van der Waals surface area contributed by atoms with E-state index in [9.17, 15) is 13.2 Å². The molecule has 0 saturated carbocycles. The van der Waals surface area contributed by atoms with Gasteiger partial charge in [-0.25, -0.2) is 13.2 Å². The van der Waals surface area contributed by atoms with Gasteiger partial charge in [-0.15, -0.1) is 0 Å². The summed E-state index contributed by atoms with van der Waals surface area (Å²) in [7, 11) is 0. The summed E-state index contributed by atoms with van der Waals surface area (Å²) < 4.78 is 40.6. The fraction of sp³-hybridized carbons (Fsp3) is 0.0769. The van der Waals surface area contributed by atoms with Crippen molar-refractivity contribution in [3.63, 3.8) is 0 Å². The molecule has 1 nitrogen and oxygen atoms in total. The number of halogens is 3. The van der Waals surface area contributed by atoms with Crippen molar-refractivity contribution in [1.29, 1.82) is 0 Å². The third kappa shape index (κ3) is 2.03. The zero-order valence-corrected chi connectivity index (χ0v) is 8.75. The topological polar surface area (TPSA) is 20.2 Å². The van der Waals surface area contributed by atoms with Crippen molar-refractivity contribution in [1.82, 2.24) is 0 Å². The van der Waals surface area contributed by atoms with Gasteiger partial charge in [-0.2, -0.15) is 0 Å². The molecule has 0 saturated heterocycles. The maximum absolute atomic E-state index is 13.8. The van der Waals surface area contributed by atoms with Gasteiger partial charge in [0.2, 0.25) is 0 Å². The molecule has 2 aromatic rings. The molecule has 0 atom stereocenters. The molecule has 0 bridgehead atoms. The van der Waals surface area contributed by atoms with Gasteiger partial charge in [-0.1, -0.05) is 30.3 Å². The Kier molecular flexibility index (Phi) is 3.15. The normalized spacial score (nSPS) is 10.6. The van der Waals surface area contributed by atoms with E-state index < -0.39 is 29.6 Å². The first-order valence-corrected chi connectivity index (χ1v) is 4.97. The largest absolute Gasteiger partial charge is 0.391 e. The minimum Gasteiger partial charge on any atom is -0.391 e. The van der Waals surface area contributed by atoms with Crippen LogP contribution in [-0.4, -0.2) is 5.11 Å². The van der Waals surface area contributed by atoms with Gasteiger partial charge in [-0.05, 0) is 5.56 Å². The molecule has 2 aromatic carbocycles. The van der Waals surface area contributed by atoms with Gasteiger partial charge in [0.25, 0.3) is 0 Å². The molecule has 0 radical (unpaired) electrons. The van der Waals surface area contributed by atoms with Crippen LogP contribution < -0.4 is 0 Å². The quantitative estimate of drug-likeness (QED) is 0.851. The molecule has 4 heteroatoms. The van der Waals surface area contributed by atoms with Gasteiger partial charge in [0, 0.05) is 11.6 Å². The molecular formula is C13H9F3O. The van der Waals surface area contributed by atoms with Crippen molar-refractivity contribution >= 4 is 0 Å². The summed E-state index contributed by atoms with van der Waals surface area (Å²) in [6.07, 6.45) is 0. The van der Waals surface area contributed by atoms with Crippen LogP contribution in [0.1, 0.15) is 5.56 Å². The zero-order valence-electron chi connectivity index (χ0n) is 8.75. The number of benzene rings is 2. The number of hydrogen-bond donors (Lipinski definition) is 1. The maximum atomic E-state index is 13.8. The summed E-state index contributed by atoms with van der Waals surface area (Å²) >= 11 is 0. The van der Waals surface area contributed by atoms with Crippen LogP contribution in [0.3, 0.4) is 0 Å². The highest BCUT2D eigenvalue weighted by Crippen LogP contribution is 2.29. The molecule has 0 unspecified atom stereocenters. The molecule has 17 heavy (non-hydrogen) atoms. The van der Waals surface area contributed by atoms with Crippen LogP contribution in [0.2, 0.25) is 0 Å². The third-order valence-corrected chi connectivity index (χ3v) is 2.49. The van der Waals surface area contributed by atoms with E-state index in [0.717, 1.165) is 0 Å². The second-order valence-electron chi connectivity index (χ2n) is 3.53. The van der Waals surface area contributed by atoms with Crippen molar-refractivity contribution in [2.75, 3.05) is 0 Å². The first kappa shape index (κ1) is 11.7. The highest BCUT2D eigenvalue weighted by molar-refractivity contribution is 5.65. The molecule has 0 aromatic heterocycles. The predicted octanol–water partition coefficient (Wildman–Crippen LogP) is 3.26. The van der Waals surface area contributed by atoms with Crippen LogP contribution in [0, 0.1) is 17.5 Å². The van der Waals surface area contributed by atoms with E-state index in [4.69, 9.17) is 5.11 Å². The van der Waals surface area contributed by atoms with E-state index in [1.54, 1.807) is 18.2 Å². The summed E-state index contributed by atoms with van der Waals surface area (Å²) in [6.45, 7) is -0.808. The summed E-state index contributed by atoms with van der Waals surface area (Å²) in [4.78, 5) is 0. The Morgan fingerprint density at radius 3 is 2.18 bits per heavy atom. The summed E-state index contributed by atoms with van der Waals surface area (Å²) in [6, 6.07) is 8.56. The van der Waals surface area contributed by atoms with Crippen LogP contribution in [0.4, 0.5) is 13.2 Å². The predicted molar refractivity (Wildman–Crippen MR) is 57.7 cm³/mol. The Labute approximate surface area is 96.1 Å². The standard InChI is InChI=1S/C13H9F3O/c14-10-6-11(15)12(13(16)9(10)7-17)8-4-2-1-3-5-8/h1-6,17H,7H2. The molecule has 0 aliphatic rings. The second kappa shape index (κ2) is 4.59. The molecule has 1 N–H and O–H groups in total. The minimum atomic E-state index is -1.08. The molecule has 2 rings (SSSR count). The molecule has 0 heterocycles. The Morgan fingerprint density at radius 1 is 0.941 bits per heavy atom. The lowest BCUT2D eigenvalue weighted by molar-refractivity contribution is 0.268.